The van der Waals surface area contributed by atoms with Crippen LogP contribution in [0.4, 0.5) is 14.9 Å². The standard InChI is InChI=1S/C18H12ClFN2O3S/c19-12-3-7-14(8-4-12)21-16(23)10-22-17(24)15(26-18(22)25)9-11-1-5-13(20)6-2-11/h1-9H,10H2,(H,21,23). The Balaban J connectivity index is 1.67. The quantitative estimate of drug-likeness (QED) is 0.796. The number of hydrogen-bond acceptors (Lipinski definition) is 4. The van der Waals surface area contributed by atoms with Gasteiger partial charge in [-0.05, 0) is 59.8 Å². The van der Waals surface area contributed by atoms with E-state index in [0.29, 0.717) is 16.3 Å². The third kappa shape index (κ3) is 4.30. The fourth-order valence-electron chi connectivity index (χ4n) is 2.22. The van der Waals surface area contributed by atoms with Crippen molar-refractivity contribution in [3.05, 3.63) is 69.8 Å². The molecule has 1 aliphatic heterocycles. The maximum Gasteiger partial charge on any atom is 0.294 e. The first kappa shape index (κ1) is 18.2. The molecule has 3 amide bonds. The Morgan fingerprint density at radius 2 is 1.77 bits per heavy atom. The highest BCUT2D eigenvalue weighted by molar-refractivity contribution is 8.18. The van der Waals surface area contributed by atoms with Gasteiger partial charge in [-0.1, -0.05) is 23.7 Å². The number of carbonyl (C=O) groups is 3. The molecule has 1 fully saturated rings. The number of rotatable bonds is 4. The maximum absolute atomic E-state index is 12.9. The van der Waals surface area contributed by atoms with Gasteiger partial charge in [0, 0.05) is 10.7 Å². The van der Waals surface area contributed by atoms with E-state index in [9.17, 15) is 18.8 Å². The number of nitrogens with zero attached hydrogens (tertiary/aromatic N) is 1. The first-order valence-electron chi connectivity index (χ1n) is 7.49. The molecule has 0 atom stereocenters. The van der Waals surface area contributed by atoms with Gasteiger partial charge in [0.15, 0.2) is 0 Å². The Kier molecular flexibility index (Phi) is 5.39. The summed E-state index contributed by atoms with van der Waals surface area (Å²) in [4.78, 5) is 37.5. The molecular weight excluding hydrogens is 379 g/mol. The molecule has 5 nitrogen and oxygen atoms in total. The Bertz CT molecular complexity index is 898. The van der Waals surface area contributed by atoms with Crippen LogP contribution in [0.25, 0.3) is 6.08 Å². The van der Waals surface area contributed by atoms with Crippen molar-refractivity contribution in [1.29, 1.82) is 0 Å². The van der Waals surface area contributed by atoms with Gasteiger partial charge >= 0.3 is 0 Å². The van der Waals surface area contributed by atoms with Crippen LogP contribution in [0.3, 0.4) is 0 Å². The van der Waals surface area contributed by atoms with Crippen molar-refractivity contribution in [2.24, 2.45) is 0 Å². The van der Waals surface area contributed by atoms with E-state index in [4.69, 9.17) is 11.6 Å². The zero-order chi connectivity index (χ0) is 18.7. The second kappa shape index (κ2) is 7.72. The van der Waals surface area contributed by atoms with Gasteiger partial charge in [0.25, 0.3) is 11.1 Å². The predicted molar refractivity (Wildman–Crippen MR) is 99.2 cm³/mol. The van der Waals surface area contributed by atoms with E-state index < -0.39 is 29.4 Å². The molecule has 1 heterocycles. The fourth-order valence-corrected chi connectivity index (χ4v) is 3.19. The highest BCUT2D eigenvalue weighted by Crippen LogP contribution is 2.32. The minimum atomic E-state index is -0.560. The molecule has 132 valence electrons. The normalized spacial score (nSPS) is 15.6. The number of benzene rings is 2. The zero-order valence-corrected chi connectivity index (χ0v) is 14.8. The average molecular weight is 391 g/mol. The molecule has 1 aliphatic rings. The van der Waals surface area contributed by atoms with Crippen LogP contribution in [-0.2, 0) is 9.59 Å². The molecule has 3 rings (SSSR count). The van der Waals surface area contributed by atoms with Crippen LogP contribution in [0.2, 0.25) is 5.02 Å². The van der Waals surface area contributed by atoms with E-state index in [-0.39, 0.29) is 4.91 Å². The lowest BCUT2D eigenvalue weighted by Gasteiger charge is -2.12. The Morgan fingerprint density at radius 1 is 1.12 bits per heavy atom. The van der Waals surface area contributed by atoms with E-state index in [2.05, 4.69) is 5.32 Å². The summed E-state index contributed by atoms with van der Waals surface area (Å²) >= 11 is 6.51. The SMILES string of the molecule is O=C(CN1C(=O)SC(=Cc2ccc(F)cc2)C1=O)Nc1ccc(Cl)cc1. The van der Waals surface area contributed by atoms with Crippen LogP contribution in [0, 0.1) is 5.82 Å². The lowest BCUT2D eigenvalue weighted by Crippen LogP contribution is -2.36. The molecule has 0 aromatic heterocycles. The Labute approximate surface area is 157 Å². The number of nitrogens with one attached hydrogen (secondary N) is 1. The number of halogens is 2. The van der Waals surface area contributed by atoms with Gasteiger partial charge in [0.1, 0.15) is 12.4 Å². The second-order valence-electron chi connectivity index (χ2n) is 5.37. The number of anilines is 1. The molecule has 2 aromatic carbocycles. The maximum atomic E-state index is 12.9. The van der Waals surface area contributed by atoms with Crippen molar-refractivity contribution in [1.82, 2.24) is 4.90 Å². The summed E-state index contributed by atoms with van der Waals surface area (Å²) in [5.74, 6) is -1.46. The summed E-state index contributed by atoms with van der Waals surface area (Å²) in [7, 11) is 0. The van der Waals surface area contributed by atoms with E-state index in [1.807, 2.05) is 0 Å². The number of carbonyl (C=O) groups excluding carboxylic acids is 3. The highest BCUT2D eigenvalue weighted by Gasteiger charge is 2.36. The van der Waals surface area contributed by atoms with Crippen LogP contribution in [0.1, 0.15) is 5.56 Å². The topological polar surface area (TPSA) is 66.5 Å². The Morgan fingerprint density at radius 3 is 2.42 bits per heavy atom. The Hall–Kier alpha value is -2.64. The van der Waals surface area contributed by atoms with Gasteiger partial charge in [-0.25, -0.2) is 4.39 Å². The first-order valence-corrected chi connectivity index (χ1v) is 8.68. The van der Waals surface area contributed by atoms with Crippen LogP contribution in [0.5, 0.6) is 0 Å². The van der Waals surface area contributed by atoms with E-state index >= 15 is 0 Å². The van der Waals surface area contributed by atoms with Crippen LogP contribution in [-0.4, -0.2) is 28.5 Å². The van der Waals surface area contributed by atoms with Crippen molar-refractivity contribution >= 4 is 52.2 Å². The monoisotopic (exact) mass is 390 g/mol. The molecule has 0 saturated carbocycles. The van der Waals surface area contributed by atoms with E-state index in [1.54, 1.807) is 24.3 Å². The van der Waals surface area contributed by atoms with Crippen molar-refractivity contribution in [2.75, 3.05) is 11.9 Å². The van der Waals surface area contributed by atoms with E-state index in [1.165, 1.54) is 30.3 Å². The highest BCUT2D eigenvalue weighted by atomic mass is 35.5. The molecule has 0 unspecified atom stereocenters. The zero-order valence-electron chi connectivity index (χ0n) is 13.2. The number of thioether (sulfide) groups is 1. The lowest BCUT2D eigenvalue weighted by molar-refractivity contribution is -0.127. The minimum Gasteiger partial charge on any atom is -0.325 e. The van der Waals surface area contributed by atoms with Gasteiger partial charge in [-0.2, -0.15) is 0 Å². The molecule has 0 aliphatic carbocycles. The van der Waals surface area contributed by atoms with Gasteiger partial charge in [0.2, 0.25) is 5.91 Å². The molecular formula is C18H12ClFN2O3S. The average Bonchev–Trinajstić information content (AvgIpc) is 2.86. The smallest absolute Gasteiger partial charge is 0.294 e. The summed E-state index contributed by atoms with van der Waals surface area (Å²) in [6.07, 6.45) is 1.49. The summed E-state index contributed by atoms with van der Waals surface area (Å²) in [6, 6.07) is 12.0. The van der Waals surface area contributed by atoms with Crippen molar-refractivity contribution < 1.29 is 18.8 Å². The molecule has 0 radical (unpaired) electrons. The largest absolute Gasteiger partial charge is 0.325 e. The molecule has 2 aromatic rings. The lowest BCUT2D eigenvalue weighted by atomic mass is 10.2. The fraction of sp³-hybridized carbons (Fsp3) is 0.0556. The van der Waals surface area contributed by atoms with Gasteiger partial charge in [-0.15, -0.1) is 0 Å². The third-order valence-corrected chi connectivity index (χ3v) is 4.63. The van der Waals surface area contributed by atoms with Crippen LogP contribution < -0.4 is 5.32 Å². The number of hydrogen-bond donors (Lipinski definition) is 1. The molecule has 1 saturated heterocycles. The van der Waals surface area contributed by atoms with Gasteiger partial charge in [0.05, 0.1) is 4.91 Å². The predicted octanol–water partition coefficient (Wildman–Crippen LogP) is 4.15. The third-order valence-electron chi connectivity index (χ3n) is 3.47. The van der Waals surface area contributed by atoms with Gasteiger partial charge < -0.3 is 5.32 Å². The number of imide groups is 1. The van der Waals surface area contributed by atoms with E-state index in [0.717, 1.165) is 16.7 Å². The molecule has 0 spiro atoms. The van der Waals surface area contributed by atoms with Crippen molar-refractivity contribution in [3.8, 4) is 0 Å². The van der Waals surface area contributed by atoms with Crippen LogP contribution in [0.15, 0.2) is 53.4 Å². The molecule has 0 bridgehead atoms. The van der Waals surface area contributed by atoms with Crippen LogP contribution >= 0.6 is 23.4 Å². The van der Waals surface area contributed by atoms with Crippen molar-refractivity contribution in [2.45, 2.75) is 0 Å². The summed E-state index contributed by atoms with van der Waals surface area (Å²) < 4.78 is 12.9. The van der Waals surface area contributed by atoms with Crippen molar-refractivity contribution in [3.63, 3.8) is 0 Å². The summed E-state index contributed by atoms with van der Waals surface area (Å²) in [5, 5.41) is 2.59. The molecule has 8 heteroatoms. The minimum absolute atomic E-state index is 0.181. The first-order chi connectivity index (χ1) is 12.4. The summed E-state index contributed by atoms with van der Waals surface area (Å²) in [6.45, 7) is -0.395. The van der Waals surface area contributed by atoms with Gasteiger partial charge in [-0.3, -0.25) is 19.3 Å². The molecule has 26 heavy (non-hydrogen) atoms. The number of amides is 3. The second-order valence-corrected chi connectivity index (χ2v) is 6.80. The molecule has 1 N–H and O–H groups in total. The summed E-state index contributed by atoms with van der Waals surface area (Å²) in [5.41, 5.74) is 1.09.